The van der Waals surface area contributed by atoms with Crippen molar-refractivity contribution in [2.75, 3.05) is 27.2 Å². The summed E-state index contributed by atoms with van der Waals surface area (Å²) in [6, 6.07) is 6.62. The highest BCUT2D eigenvalue weighted by molar-refractivity contribution is 5.81. The Labute approximate surface area is 121 Å². The van der Waals surface area contributed by atoms with E-state index in [0.717, 1.165) is 6.54 Å². The van der Waals surface area contributed by atoms with Gasteiger partial charge in [0.15, 0.2) is 0 Å². The monoisotopic (exact) mass is 275 g/mol. The second-order valence-electron chi connectivity index (χ2n) is 6.06. The number of carbonyl (C=O) groups excluding carboxylic acids is 1. The van der Waals surface area contributed by atoms with Gasteiger partial charge in [-0.25, -0.2) is 0 Å². The molecule has 1 saturated heterocycles. The van der Waals surface area contributed by atoms with Crippen LogP contribution in [-0.2, 0) is 4.79 Å². The Bertz CT molecular complexity index is 498. The Balaban J connectivity index is 2.27. The summed E-state index contributed by atoms with van der Waals surface area (Å²) in [4.78, 5) is 16.3. The predicted molar refractivity (Wildman–Crippen MR) is 81.5 cm³/mol. The molecule has 1 aliphatic rings. The van der Waals surface area contributed by atoms with E-state index < -0.39 is 0 Å². The van der Waals surface area contributed by atoms with Gasteiger partial charge in [-0.05, 0) is 46.0 Å². The van der Waals surface area contributed by atoms with Crippen molar-refractivity contribution in [1.82, 2.24) is 15.1 Å². The quantitative estimate of drug-likeness (QED) is 0.908. The third-order valence-corrected chi connectivity index (χ3v) is 3.84. The van der Waals surface area contributed by atoms with Crippen LogP contribution in [0.15, 0.2) is 18.2 Å². The maximum absolute atomic E-state index is 12.2. The molecule has 4 nitrogen and oxygen atoms in total. The first-order chi connectivity index (χ1) is 9.40. The van der Waals surface area contributed by atoms with E-state index in [1.54, 1.807) is 0 Å². The second-order valence-corrected chi connectivity index (χ2v) is 6.06. The van der Waals surface area contributed by atoms with Gasteiger partial charge in [0.05, 0.1) is 6.54 Å². The third-order valence-electron chi connectivity index (χ3n) is 3.84. The average molecular weight is 275 g/mol. The topological polar surface area (TPSA) is 35.6 Å². The highest BCUT2D eigenvalue weighted by Crippen LogP contribution is 2.27. The van der Waals surface area contributed by atoms with Gasteiger partial charge < -0.3 is 9.80 Å². The van der Waals surface area contributed by atoms with E-state index in [0.29, 0.717) is 6.54 Å². The summed E-state index contributed by atoms with van der Waals surface area (Å²) in [6.45, 7) is 7.62. The first kappa shape index (κ1) is 15.0. The molecule has 2 unspecified atom stereocenters. The molecule has 1 fully saturated rings. The van der Waals surface area contributed by atoms with Crippen molar-refractivity contribution in [3.63, 3.8) is 0 Å². The van der Waals surface area contributed by atoms with Crippen molar-refractivity contribution in [2.24, 2.45) is 0 Å². The van der Waals surface area contributed by atoms with Crippen LogP contribution in [0.25, 0.3) is 0 Å². The number of aryl methyl sites for hydroxylation is 2. The zero-order valence-electron chi connectivity index (χ0n) is 13.1. The van der Waals surface area contributed by atoms with E-state index in [1.165, 1.54) is 16.7 Å². The van der Waals surface area contributed by atoms with Crippen molar-refractivity contribution < 1.29 is 4.79 Å². The molecule has 0 bridgehead atoms. The highest BCUT2D eigenvalue weighted by atomic mass is 16.2. The Morgan fingerprint density at radius 2 is 2.10 bits per heavy atom. The standard InChI is InChI=1S/C16H25N3O/c1-11-6-7-14(12(2)8-11)16-17-9-15(20)19(16)13(3)10-18(4)5/h6-8,13,16-17H,9-10H2,1-5H3. The Morgan fingerprint density at radius 1 is 1.40 bits per heavy atom. The van der Waals surface area contributed by atoms with Crippen molar-refractivity contribution >= 4 is 5.91 Å². The number of hydrogen-bond donors (Lipinski definition) is 1. The van der Waals surface area contributed by atoms with Crippen LogP contribution in [0.4, 0.5) is 0 Å². The van der Waals surface area contributed by atoms with Gasteiger partial charge in [-0.15, -0.1) is 0 Å². The van der Waals surface area contributed by atoms with E-state index in [2.05, 4.69) is 49.2 Å². The van der Waals surface area contributed by atoms with Gasteiger partial charge in [0, 0.05) is 12.6 Å². The second kappa shape index (κ2) is 5.94. The summed E-state index contributed by atoms with van der Waals surface area (Å²) in [6.07, 6.45) is -0.00181. The number of nitrogens with zero attached hydrogens (tertiary/aromatic N) is 2. The molecule has 0 radical (unpaired) electrons. The minimum atomic E-state index is -0.00181. The van der Waals surface area contributed by atoms with Crippen LogP contribution in [0, 0.1) is 13.8 Å². The fourth-order valence-electron chi connectivity index (χ4n) is 3.03. The van der Waals surface area contributed by atoms with Gasteiger partial charge in [-0.3, -0.25) is 10.1 Å². The van der Waals surface area contributed by atoms with Crippen molar-refractivity contribution in [3.05, 3.63) is 34.9 Å². The number of amides is 1. The molecule has 20 heavy (non-hydrogen) atoms. The Hall–Kier alpha value is -1.39. The number of benzene rings is 1. The average Bonchev–Trinajstić information content (AvgIpc) is 2.70. The molecule has 1 aromatic rings. The molecular weight excluding hydrogens is 250 g/mol. The lowest BCUT2D eigenvalue weighted by atomic mass is 10.0. The van der Waals surface area contributed by atoms with Gasteiger partial charge in [0.25, 0.3) is 0 Å². The van der Waals surface area contributed by atoms with E-state index in [4.69, 9.17) is 0 Å². The zero-order chi connectivity index (χ0) is 14.9. The van der Waals surface area contributed by atoms with Crippen LogP contribution in [0.1, 0.15) is 29.8 Å². The smallest absolute Gasteiger partial charge is 0.238 e. The van der Waals surface area contributed by atoms with Gasteiger partial charge in [-0.2, -0.15) is 0 Å². The fraction of sp³-hybridized carbons (Fsp3) is 0.562. The molecule has 1 N–H and O–H groups in total. The number of hydrogen-bond acceptors (Lipinski definition) is 3. The fourth-order valence-corrected chi connectivity index (χ4v) is 3.03. The zero-order valence-corrected chi connectivity index (χ0v) is 13.1. The van der Waals surface area contributed by atoms with Crippen LogP contribution >= 0.6 is 0 Å². The molecule has 0 aliphatic carbocycles. The molecule has 0 saturated carbocycles. The summed E-state index contributed by atoms with van der Waals surface area (Å²) in [5.41, 5.74) is 3.69. The molecule has 0 aromatic heterocycles. The number of likely N-dealkylation sites (N-methyl/N-ethyl adjacent to an activating group) is 1. The SMILES string of the molecule is Cc1ccc(C2NCC(=O)N2C(C)CN(C)C)c(C)c1. The van der Waals surface area contributed by atoms with Gasteiger partial charge in [0.1, 0.15) is 6.17 Å². The van der Waals surface area contributed by atoms with Crippen LogP contribution in [0.2, 0.25) is 0 Å². The van der Waals surface area contributed by atoms with Crippen LogP contribution < -0.4 is 5.32 Å². The molecule has 1 aromatic carbocycles. The van der Waals surface area contributed by atoms with E-state index in [-0.39, 0.29) is 18.1 Å². The summed E-state index contributed by atoms with van der Waals surface area (Å²) in [5.74, 6) is 0.185. The molecule has 4 heteroatoms. The summed E-state index contributed by atoms with van der Waals surface area (Å²) in [5, 5.41) is 3.35. The number of carbonyl (C=O) groups is 1. The summed E-state index contributed by atoms with van der Waals surface area (Å²) < 4.78 is 0. The molecule has 2 atom stereocenters. The van der Waals surface area contributed by atoms with Gasteiger partial charge in [-0.1, -0.05) is 23.8 Å². The van der Waals surface area contributed by atoms with Gasteiger partial charge in [0.2, 0.25) is 5.91 Å². The Morgan fingerprint density at radius 3 is 2.70 bits per heavy atom. The first-order valence-electron chi connectivity index (χ1n) is 7.16. The first-order valence-corrected chi connectivity index (χ1v) is 7.16. The predicted octanol–water partition coefficient (Wildman–Crippen LogP) is 1.68. The maximum atomic E-state index is 12.2. The third kappa shape index (κ3) is 3.02. The lowest BCUT2D eigenvalue weighted by molar-refractivity contribution is -0.130. The molecule has 1 heterocycles. The molecular formula is C16H25N3O. The minimum Gasteiger partial charge on any atom is -0.318 e. The van der Waals surface area contributed by atoms with Gasteiger partial charge >= 0.3 is 0 Å². The Kier molecular flexibility index (Phi) is 4.45. The molecule has 1 aliphatic heterocycles. The summed E-state index contributed by atoms with van der Waals surface area (Å²) in [7, 11) is 4.08. The van der Waals surface area contributed by atoms with Crippen molar-refractivity contribution in [3.8, 4) is 0 Å². The minimum absolute atomic E-state index is 0.00181. The molecule has 110 valence electrons. The maximum Gasteiger partial charge on any atom is 0.238 e. The van der Waals surface area contributed by atoms with Crippen molar-refractivity contribution in [1.29, 1.82) is 0 Å². The van der Waals surface area contributed by atoms with Crippen LogP contribution in [0.3, 0.4) is 0 Å². The van der Waals surface area contributed by atoms with E-state index >= 15 is 0 Å². The van der Waals surface area contributed by atoms with Crippen LogP contribution in [-0.4, -0.2) is 48.9 Å². The lowest BCUT2D eigenvalue weighted by Crippen LogP contribution is -2.43. The van der Waals surface area contributed by atoms with E-state index in [1.807, 2.05) is 19.0 Å². The largest absolute Gasteiger partial charge is 0.318 e. The number of rotatable bonds is 4. The highest BCUT2D eigenvalue weighted by Gasteiger charge is 2.35. The molecule has 1 amide bonds. The number of nitrogens with one attached hydrogen (secondary N) is 1. The normalized spacial score (nSPS) is 20.8. The molecule has 0 spiro atoms. The lowest BCUT2D eigenvalue weighted by Gasteiger charge is -2.33. The van der Waals surface area contributed by atoms with Crippen molar-refractivity contribution in [2.45, 2.75) is 33.0 Å². The molecule has 2 rings (SSSR count). The van der Waals surface area contributed by atoms with E-state index in [9.17, 15) is 4.79 Å². The van der Waals surface area contributed by atoms with Crippen LogP contribution in [0.5, 0.6) is 0 Å². The summed E-state index contributed by atoms with van der Waals surface area (Å²) >= 11 is 0.